The van der Waals surface area contributed by atoms with Crippen LogP contribution in [0.4, 0.5) is 5.69 Å². The molecule has 2 aromatic rings. The number of pyridine rings is 1. The lowest BCUT2D eigenvalue weighted by atomic mass is 10.1. The van der Waals surface area contributed by atoms with E-state index in [2.05, 4.69) is 15.6 Å². The van der Waals surface area contributed by atoms with E-state index in [0.29, 0.717) is 13.0 Å². The lowest BCUT2D eigenvalue weighted by Gasteiger charge is -2.10. The molecule has 0 aliphatic rings. The smallest absolute Gasteiger partial charge is 0.225 e. The quantitative estimate of drug-likeness (QED) is 0.802. The third-order valence-electron chi connectivity index (χ3n) is 3.25. The highest BCUT2D eigenvalue weighted by Crippen LogP contribution is 2.16. The van der Waals surface area contributed by atoms with E-state index in [1.54, 1.807) is 6.20 Å². The largest absolute Gasteiger partial charge is 0.326 e. The zero-order chi connectivity index (χ0) is 15.1. The van der Waals surface area contributed by atoms with E-state index in [0.717, 1.165) is 28.9 Å². The molecule has 0 aliphatic carbocycles. The van der Waals surface area contributed by atoms with Crippen molar-refractivity contribution >= 4 is 11.6 Å². The Balaban J connectivity index is 1.74. The van der Waals surface area contributed by atoms with E-state index in [1.165, 1.54) is 0 Å². The molecule has 1 heterocycles. The minimum Gasteiger partial charge on any atom is -0.326 e. The molecule has 0 radical (unpaired) electrons. The third-order valence-corrected chi connectivity index (χ3v) is 3.25. The molecule has 4 heteroatoms. The van der Waals surface area contributed by atoms with Crippen LogP contribution in [0.1, 0.15) is 23.1 Å². The average Bonchev–Trinajstić information content (AvgIpc) is 2.48. The van der Waals surface area contributed by atoms with Crippen LogP contribution >= 0.6 is 0 Å². The zero-order valence-electron chi connectivity index (χ0n) is 12.5. The number of nitrogens with zero attached hydrogens (tertiary/aromatic N) is 1. The van der Waals surface area contributed by atoms with Gasteiger partial charge < -0.3 is 10.6 Å². The molecule has 2 N–H and O–H groups in total. The highest BCUT2D eigenvalue weighted by atomic mass is 16.1. The summed E-state index contributed by atoms with van der Waals surface area (Å²) < 4.78 is 0. The first-order chi connectivity index (χ1) is 10.1. The fourth-order valence-corrected chi connectivity index (χ4v) is 2.02. The van der Waals surface area contributed by atoms with Gasteiger partial charge in [0.1, 0.15) is 0 Å². The van der Waals surface area contributed by atoms with Crippen molar-refractivity contribution in [3.05, 3.63) is 59.4 Å². The zero-order valence-corrected chi connectivity index (χ0v) is 12.5. The first kappa shape index (κ1) is 15.2. The van der Waals surface area contributed by atoms with Crippen molar-refractivity contribution in [3.8, 4) is 0 Å². The number of hydrogen-bond donors (Lipinski definition) is 2. The van der Waals surface area contributed by atoms with Crippen molar-refractivity contribution in [3.63, 3.8) is 0 Å². The number of aromatic nitrogens is 1. The predicted molar refractivity (Wildman–Crippen MR) is 85.1 cm³/mol. The van der Waals surface area contributed by atoms with E-state index < -0.39 is 0 Å². The number of hydrogen-bond acceptors (Lipinski definition) is 3. The number of aryl methyl sites for hydroxylation is 2. The van der Waals surface area contributed by atoms with Crippen molar-refractivity contribution in [1.82, 2.24) is 10.3 Å². The lowest BCUT2D eigenvalue weighted by molar-refractivity contribution is -0.116. The number of nitrogens with one attached hydrogen (secondary N) is 2. The van der Waals surface area contributed by atoms with Crippen molar-refractivity contribution < 1.29 is 4.79 Å². The van der Waals surface area contributed by atoms with Gasteiger partial charge in [-0.1, -0.05) is 18.2 Å². The van der Waals surface area contributed by atoms with Crippen LogP contribution in [0, 0.1) is 13.8 Å². The van der Waals surface area contributed by atoms with Crippen LogP contribution in [0.25, 0.3) is 0 Å². The van der Waals surface area contributed by atoms with Crippen molar-refractivity contribution in [1.29, 1.82) is 0 Å². The van der Waals surface area contributed by atoms with Crippen LogP contribution in [0.15, 0.2) is 42.7 Å². The molecule has 110 valence electrons. The molecule has 0 atom stereocenters. The SMILES string of the molecule is Cc1ccc(C)c(NC(=O)CCNCc2cccnc2)c1. The molecular weight excluding hydrogens is 262 g/mol. The Morgan fingerprint density at radius 1 is 1.24 bits per heavy atom. The Morgan fingerprint density at radius 2 is 2.10 bits per heavy atom. The molecule has 21 heavy (non-hydrogen) atoms. The number of anilines is 1. The van der Waals surface area contributed by atoms with Gasteiger partial charge in [-0.2, -0.15) is 0 Å². The number of carbonyl (C=O) groups excluding carboxylic acids is 1. The fraction of sp³-hybridized carbons (Fsp3) is 0.294. The second-order valence-electron chi connectivity index (χ2n) is 5.15. The van der Waals surface area contributed by atoms with Gasteiger partial charge in [-0.15, -0.1) is 0 Å². The molecule has 0 bridgehead atoms. The van der Waals surface area contributed by atoms with Gasteiger partial charge in [0, 0.05) is 37.6 Å². The maximum Gasteiger partial charge on any atom is 0.225 e. The summed E-state index contributed by atoms with van der Waals surface area (Å²) in [5.41, 5.74) is 4.24. The number of rotatable bonds is 6. The standard InChI is InChI=1S/C17H21N3O/c1-13-5-6-14(2)16(10-13)20-17(21)7-9-19-12-15-4-3-8-18-11-15/h3-6,8,10-11,19H,7,9,12H2,1-2H3,(H,20,21). The van der Waals surface area contributed by atoms with Gasteiger partial charge in [0.25, 0.3) is 0 Å². The molecule has 0 spiro atoms. The Labute approximate surface area is 125 Å². The summed E-state index contributed by atoms with van der Waals surface area (Å²) in [6.45, 7) is 5.39. The minimum atomic E-state index is 0.0300. The summed E-state index contributed by atoms with van der Waals surface area (Å²) in [5, 5.41) is 6.20. The van der Waals surface area contributed by atoms with Crippen LogP contribution in [-0.2, 0) is 11.3 Å². The van der Waals surface area contributed by atoms with Crippen LogP contribution in [0.2, 0.25) is 0 Å². The molecule has 1 aromatic carbocycles. The maximum atomic E-state index is 11.9. The van der Waals surface area contributed by atoms with E-state index in [9.17, 15) is 4.79 Å². The molecule has 1 amide bonds. The first-order valence-electron chi connectivity index (χ1n) is 7.12. The van der Waals surface area contributed by atoms with E-state index in [4.69, 9.17) is 0 Å². The van der Waals surface area contributed by atoms with Crippen molar-refractivity contribution in [2.75, 3.05) is 11.9 Å². The van der Waals surface area contributed by atoms with Gasteiger partial charge in [0.15, 0.2) is 0 Å². The Hall–Kier alpha value is -2.20. The Bertz CT molecular complexity index is 596. The Morgan fingerprint density at radius 3 is 2.86 bits per heavy atom. The van der Waals surface area contributed by atoms with Gasteiger partial charge in [-0.05, 0) is 42.7 Å². The topological polar surface area (TPSA) is 54.0 Å². The molecule has 0 saturated heterocycles. The van der Waals surface area contributed by atoms with Gasteiger partial charge in [0.05, 0.1) is 0 Å². The van der Waals surface area contributed by atoms with Crippen LogP contribution in [-0.4, -0.2) is 17.4 Å². The normalized spacial score (nSPS) is 10.4. The van der Waals surface area contributed by atoms with E-state index in [-0.39, 0.29) is 5.91 Å². The van der Waals surface area contributed by atoms with Gasteiger partial charge in [-0.3, -0.25) is 9.78 Å². The van der Waals surface area contributed by atoms with E-state index >= 15 is 0 Å². The average molecular weight is 283 g/mol. The number of amides is 1. The third kappa shape index (κ3) is 5.00. The molecule has 4 nitrogen and oxygen atoms in total. The maximum absolute atomic E-state index is 11.9. The number of benzene rings is 1. The van der Waals surface area contributed by atoms with Gasteiger partial charge in [-0.25, -0.2) is 0 Å². The van der Waals surface area contributed by atoms with Crippen LogP contribution in [0.3, 0.4) is 0 Å². The molecule has 0 fully saturated rings. The molecule has 0 unspecified atom stereocenters. The monoisotopic (exact) mass is 283 g/mol. The second-order valence-corrected chi connectivity index (χ2v) is 5.15. The van der Waals surface area contributed by atoms with Crippen molar-refractivity contribution in [2.24, 2.45) is 0 Å². The van der Waals surface area contributed by atoms with Gasteiger partial charge in [0.2, 0.25) is 5.91 Å². The summed E-state index contributed by atoms with van der Waals surface area (Å²) in [7, 11) is 0. The highest BCUT2D eigenvalue weighted by molar-refractivity contribution is 5.91. The predicted octanol–water partition coefficient (Wildman–Crippen LogP) is 2.82. The minimum absolute atomic E-state index is 0.0300. The summed E-state index contributed by atoms with van der Waals surface area (Å²) in [5.74, 6) is 0.0300. The van der Waals surface area contributed by atoms with E-state index in [1.807, 2.05) is 50.4 Å². The fourth-order valence-electron chi connectivity index (χ4n) is 2.02. The summed E-state index contributed by atoms with van der Waals surface area (Å²) in [6.07, 6.45) is 4.03. The second kappa shape index (κ2) is 7.55. The summed E-state index contributed by atoms with van der Waals surface area (Å²) in [6, 6.07) is 9.97. The summed E-state index contributed by atoms with van der Waals surface area (Å²) in [4.78, 5) is 16.0. The number of carbonyl (C=O) groups is 1. The lowest BCUT2D eigenvalue weighted by Crippen LogP contribution is -2.21. The Kier molecular flexibility index (Phi) is 5.46. The highest BCUT2D eigenvalue weighted by Gasteiger charge is 2.04. The molecule has 2 rings (SSSR count). The summed E-state index contributed by atoms with van der Waals surface area (Å²) >= 11 is 0. The van der Waals surface area contributed by atoms with Crippen molar-refractivity contribution in [2.45, 2.75) is 26.8 Å². The van der Waals surface area contributed by atoms with Gasteiger partial charge >= 0.3 is 0 Å². The molecular formula is C17H21N3O. The molecule has 0 saturated carbocycles. The molecule has 0 aliphatic heterocycles. The first-order valence-corrected chi connectivity index (χ1v) is 7.12. The molecule has 1 aromatic heterocycles. The van der Waals surface area contributed by atoms with Crippen LogP contribution in [0.5, 0.6) is 0 Å². The van der Waals surface area contributed by atoms with Crippen LogP contribution < -0.4 is 10.6 Å².